The molecule has 2 heterocycles. The van der Waals surface area contributed by atoms with Crippen LogP contribution in [0.4, 0.5) is 0 Å². The summed E-state index contributed by atoms with van der Waals surface area (Å²) in [4.78, 5) is 11.4. The van der Waals surface area contributed by atoms with Gasteiger partial charge in [-0.1, -0.05) is 0 Å². The Labute approximate surface area is 81.6 Å². The van der Waals surface area contributed by atoms with Gasteiger partial charge in [-0.05, 0) is 6.92 Å². The smallest absolute Gasteiger partial charge is 0.345 e. The molecule has 0 radical (unpaired) electrons. The number of esters is 1. The zero-order chi connectivity index (χ0) is 9.97. The topological polar surface area (TPSA) is 53.3 Å². The Morgan fingerprint density at radius 1 is 1.79 bits per heavy atom. The fourth-order valence-corrected chi connectivity index (χ4v) is 1.42. The maximum absolute atomic E-state index is 11.4. The van der Waals surface area contributed by atoms with Crippen molar-refractivity contribution >= 4 is 5.97 Å². The molecule has 5 heteroatoms. The largest absolute Gasteiger partial charge is 0.477 e. The van der Waals surface area contributed by atoms with Crippen LogP contribution in [0.25, 0.3) is 0 Å². The van der Waals surface area contributed by atoms with Crippen LogP contribution < -0.4 is 4.74 Å². The quantitative estimate of drug-likeness (QED) is 0.658. The van der Waals surface area contributed by atoms with Crippen LogP contribution in [0, 0.1) is 0 Å². The lowest BCUT2D eigenvalue weighted by molar-refractivity contribution is 0.0519. The number of aromatic nitrogens is 2. The molecule has 1 aliphatic heterocycles. The third-order valence-electron chi connectivity index (χ3n) is 2.04. The van der Waals surface area contributed by atoms with Gasteiger partial charge in [0.15, 0.2) is 0 Å². The van der Waals surface area contributed by atoms with Crippen molar-refractivity contribution in [1.29, 1.82) is 0 Å². The average Bonchev–Trinajstić information content (AvgIpc) is 2.61. The van der Waals surface area contributed by atoms with Crippen molar-refractivity contribution in [3.8, 4) is 5.88 Å². The van der Waals surface area contributed by atoms with Crippen LogP contribution >= 0.6 is 0 Å². The van der Waals surface area contributed by atoms with E-state index in [1.807, 2.05) is 0 Å². The molecule has 14 heavy (non-hydrogen) atoms. The second-order valence-corrected chi connectivity index (χ2v) is 3.01. The number of fused-ring (bicyclic) bond motifs is 1. The van der Waals surface area contributed by atoms with Gasteiger partial charge in [0, 0.05) is 13.0 Å². The molecule has 0 unspecified atom stereocenters. The molecule has 0 saturated carbocycles. The van der Waals surface area contributed by atoms with E-state index in [9.17, 15) is 4.79 Å². The first-order valence-electron chi connectivity index (χ1n) is 4.68. The second-order valence-electron chi connectivity index (χ2n) is 3.01. The van der Waals surface area contributed by atoms with E-state index < -0.39 is 0 Å². The van der Waals surface area contributed by atoms with Crippen molar-refractivity contribution in [2.75, 3.05) is 13.2 Å². The predicted molar refractivity (Wildman–Crippen MR) is 48.3 cm³/mol. The highest BCUT2D eigenvalue weighted by Crippen LogP contribution is 2.22. The van der Waals surface area contributed by atoms with Gasteiger partial charge in [0.05, 0.1) is 19.4 Å². The van der Waals surface area contributed by atoms with Crippen molar-refractivity contribution in [2.45, 2.75) is 19.9 Å². The zero-order valence-corrected chi connectivity index (χ0v) is 8.02. The lowest BCUT2D eigenvalue weighted by atomic mass is 10.3. The standard InChI is InChI=1S/C9H12N2O3/c1-2-13-9(12)7-6-10-11-4-3-5-14-8(7)11/h6H,2-5H2,1H3. The molecule has 0 bridgehead atoms. The van der Waals surface area contributed by atoms with Crippen molar-refractivity contribution in [2.24, 2.45) is 0 Å². The van der Waals surface area contributed by atoms with Gasteiger partial charge in [-0.25, -0.2) is 9.48 Å². The maximum atomic E-state index is 11.4. The van der Waals surface area contributed by atoms with Crippen LogP contribution in [0.2, 0.25) is 0 Å². The summed E-state index contributed by atoms with van der Waals surface area (Å²) in [6, 6.07) is 0. The van der Waals surface area contributed by atoms with E-state index in [1.54, 1.807) is 11.6 Å². The average molecular weight is 196 g/mol. The Morgan fingerprint density at radius 3 is 3.43 bits per heavy atom. The molecule has 0 aromatic carbocycles. The van der Waals surface area contributed by atoms with Crippen molar-refractivity contribution < 1.29 is 14.3 Å². The zero-order valence-electron chi connectivity index (χ0n) is 8.02. The summed E-state index contributed by atoms with van der Waals surface area (Å²) >= 11 is 0. The Hall–Kier alpha value is -1.52. The van der Waals surface area contributed by atoms with Crippen LogP contribution in [-0.2, 0) is 11.3 Å². The summed E-state index contributed by atoms with van der Waals surface area (Å²) in [6.07, 6.45) is 2.43. The number of carbonyl (C=O) groups is 1. The van der Waals surface area contributed by atoms with E-state index >= 15 is 0 Å². The van der Waals surface area contributed by atoms with Crippen LogP contribution in [0.1, 0.15) is 23.7 Å². The highest BCUT2D eigenvalue weighted by Gasteiger charge is 2.22. The lowest BCUT2D eigenvalue weighted by Gasteiger charge is -2.15. The molecule has 76 valence electrons. The number of ether oxygens (including phenoxy) is 2. The molecule has 2 rings (SSSR count). The summed E-state index contributed by atoms with van der Waals surface area (Å²) < 4.78 is 11.9. The third-order valence-corrected chi connectivity index (χ3v) is 2.04. The second kappa shape index (κ2) is 3.69. The third kappa shape index (κ3) is 1.45. The van der Waals surface area contributed by atoms with Gasteiger partial charge in [-0.3, -0.25) is 0 Å². The Balaban J connectivity index is 2.25. The molecule has 1 aromatic heterocycles. The van der Waals surface area contributed by atoms with E-state index in [2.05, 4.69) is 5.10 Å². The molecule has 5 nitrogen and oxygen atoms in total. The molecule has 0 saturated heterocycles. The highest BCUT2D eigenvalue weighted by molar-refractivity contribution is 5.91. The van der Waals surface area contributed by atoms with E-state index in [0.29, 0.717) is 24.7 Å². The Morgan fingerprint density at radius 2 is 2.64 bits per heavy atom. The number of hydrogen-bond acceptors (Lipinski definition) is 4. The number of rotatable bonds is 2. The number of nitrogens with zero attached hydrogens (tertiary/aromatic N) is 2. The molecule has 0 amide bonds. The SMILES string of the molecule is CCOC(=O)c1cnn2c1OCCC2. The van der Waals surface area contributed by atoms with Gasteiger partial charge in [0.25, 0.3) is 0 Å². The molecule has 0 spiro atoms. The minimum atomic E-state index is -0.365. The highest BCUT2D eigenvalue weighted by atomic mass is 16.5. The van der Waals surface area contributed by atoms with Gasteiger partial charge in [0.2, 0.25) is 5.88 Å². The number of hydrogen-bond donors (Lipinski definition) is 0. The summed E-state index contributed by atoms with van der Waals surface area (Å²) in [5, 5.41) is 4.05. The van der Waals surface area contributed by atoms with Crippen LogP contribution in [0.3, 0.4) is 0 Å². The number of aryl methyl sites for hydroxylation is 1. The van der Waals surface area contributed by atoms with Crippen molar-refractivity contribution in [1.82, 2.24) is 9.78 Å². The summed E-state index contributed by atoms with van der Waals surface area (Å²) in [7, 11) is 0. The van der Waals surface area contributed by atoms with E-state index in [-0.39, 0.29) is 5.97 Å². The summed E-state index contributed by atoms with van der Waals surface area (Å²) in [5.41, 5.74) is 0.423. The van der Waals surface area contributed by atoms with Gasteiger partial charge in [0.1, 0.15) is 5.56 Å². The lowest BCUT2D eigenvalue weighted by Crippen LogP contribution is -2.16. The van der Waals surface area contributed by atoms with E-state index in [0.717, 1.165) is 13.0 Å². The van der Waals surface area contributed by atoms with E-state index in [1.165, 1.54) is 6.20 Å². The van der Waals surface area contributed by atoms with Gasteiger partial charge in [-0.15, -0.1) is 0 Å². The fourth-order valence-electron chi connectivity index (χ4n) is 1.42. The summed E-state index contributed by atoms with van der Waals surface area (Å²) in [5.74, 6) is 0.172. The predicted octanol–water partition coefficient (Wildman–Crippen LogP) is 0.842. The first kappa shape index (κ1) is 9.05. The molecule has 0 N–H and O–H groups in total. The fraction of sp³-hybridized carbons (Fsp3) is 0.556. The molecule has 1 aliphatic rings. The first-order valence-corrected chi connectivity index (χ1v) is 4.68. The normalized spacial score (nSPS) is 14.4. The van der Waals surface area contributed by atoms with Gasteiger partial charge < -0.3 is 9.47 Å². The van der Waals surface area contributed by atoms with Crippen LogP contribution in [-0.4, -0.2) is 29.0 Å². The van der Waals surface area contributed by atoms with Gasteiger partial charge in [-0.2, -0.15) is 5.10 Å². The minimum Gasteiger partial charge on any atom is -0.477 e. The Kier molecular flexibility index (Phi) is 2.39. The Bertz CT molecular complexity index is 346. The minimum absolute atomic E-state index is 0.365. The molecule has 0 fully saturated rings. The van der Waals surface area contributed by atoms with Crippen molar-refractivity contribution in [3.63, 3.8) is 0 Å². The molecule has 0 atom stereocenters. The summed E-state index contributed by atoms with van der Waals surface area (Å²) in [6.45, 7) is 3.57. The number of carbonyl (C=O) groups excluding carboxylic acids is 1. The monoisotopic (exact) mass is 196 g/mol. The van der Waals surface area contributed by atoms with Gasteiger partial charge >= 0.3 is 5.97 Å². The van der Waals surface area contributed by atoms with Crippen molar-refractivity contribution in [3.05, 3.63) is 11.8 Å². The van der Waals surface area contributed by atoms with Crippen LogP contribution in [0.5, 0.6) is 5.88 Å². The molecule has 1 aromatic rings. The van der Waals surface area contributed by atoms with E-state index in [4.69, 9.17) is 9.47 Å². The molecular formula is C9H12N2O3. The van der Waals surface area contributed by atoms with Crippen LogP contribution in [0.15, 0.2) is 6.20 Å². The molecule has 0 aliphatic carbocycles. The molecular weight excluding hydrogens is 184 g/mol. The maximum Gasteiger partial charge on any atom is 0.345 e. The first-order chi connectivity index (χ1) is 6.83.